The minimum Gasteiger partial charge on any atom is -0.213 e. The standard InChI is InChI=1S/C14H28N2S5/c1-2-3-4-5-6-7-8-9-10-11-12-13-16(21-18)15-14(19-13)20-17/h13,17-18H,2-12H2,1H3. The van der Waals surface area contributed by atoms with Crippen molar-refractivity contribution in [3.63, 3.8) is 0 Å². The fraction of sp³-hybridized carbons (Fsp3) is 0.929. The molecule has 0 N–H and O–H groups in total. The molecule has 1 aliphatic heterocycles. The van der Waals surface area contributed by atoms with Gasteiger partial charge >= 0.3 is 0 Å². The van der Waals surface area contributed by atoms with Crippen LogP contribution < -0.4 is 0 Å². The van der Waals surface area contributed by atoms with Crippen LogP contribution in [0.15, 0.2) is 5.10 Å². The Morgan fingerprint density at radius 1 is 1.00 bits per heavy atom. The summed E-state index contributed by atoms with van der Waals surface area (Å²) in [5.41, 5.74) is 0. The molecule has 7 heteroatoms. The molecule has 1 atom stereocenters. The van der Waals surface area contributed by atoms with Crippen LogP contribution in [0, 0.1) is 0 Å². The largest absolute Gasteiger partial charge is 0.213 e. The van der Waals surface area contributed by atoms with Crippen molar-refractivity contribution in [2.45, 2.75) is 82.9 Å². The first-order valence-electron chi connectivity index (χ1n) is 7.99. The first kappa shape index (κ1) is 20.3. The summed E-state index contributed by atoms with van der Waals surface area (Å²) in [6.07, 6.45) is 15.1. The third-order valence-electron chi connectivity index (χ3n) is 3.63. The maximum absolute atomic E-state index is 4.46. The second kappa shape index (κ2) is 13.6. The molecular formula is C14H28N2S5. The van der Waals surface area contributed by atoms with Crippen molar-refractivity contribution in [1.29, 1.82) is 0 Å². The molecule has 0 spiro atoms. The molecule has 21 heavy (non-hydrogen) atoms. The topological polar surface area (TPSA) is 15.6 Å². The third-order valence-corrected chi connectivity index (χ3v) is 7.43. The number of hydrazone groups is 1. The summed E-state index contributed by atoms with van der Waals surface area (Å²) in [6.45, 7) is 2.28. The Kier molecular flexibility index (Phi) is 13.2. The van der Waals surface area contributed by atoms with Crippen LogP contribution in [-0.4, -0.2) is 14.2 Å². The molecule has 0 fully saturated rings. The summed E-state index contributed by atoms with van der Waals surface area (Å²) in [5.74, 6) is 0. The molecule has 1 unspecified atom stereocenters. The molecule has 0 aromatic rings. The van der Waals surface area contributed by atoms with Gasteiger partial charge in [0.25, 0.3) is 0 Å². The van der Waals surface area contributed by atoms with Gasteiger partial charge in [-0.05, 0) is 17.2 Å². The molecule has 1 aliphatic rings. The molecular weight excluding hydrogens is 357 g/mol. The molecule has 0 saturated heterocycles. The van der Waals surface area contributed by atoms with E-state index in [1.54, 1.807) is 0 Å². The number of rotatable bonds is 12. The maximum Gasteiger partial charge on any atom is 0.163 e. The van der Waals surface area contributed by atoms with Gasteiger partial charge in [0.1, 0.15) is 5.37 Å². The SMILES string of the molecule is CCCCCCCCCCCCC1SC(SS)=NN1SS. The molecule has 1 rings (SSSR count). The van der Waals surface area contributed by atoms with Crippen molar-refractivity contribution in [1.82, 2.24) is 4.41 Å². The Morgan fingerprint density at radius 3 is 2.10 bits per heavy atom. The number of hydrogen-bond acceptors (Lipinski definition) is 7. The van der Waals surface area contributed by atoms with Gasteiger partial charge in [-0.25, -0.2) is 4.41 Å². The monoisotopic (exact) mass is 384 g/mol. The predicted octanol–water partition coefficient (Wildman–Crippen LogP) is 7.01. The molecule has 124 valence electrons. The Morgan fingerprint density at radius 2 is 1.57 bits per heavy atom. The van der Waals surface area contributed by atoms with Crippen molar-refractivity contribution in [2.24, 2.45) is 5.10 Å². The van der Waals surface area contributed by atoms with Crippen LogP contribution in [0.25, 0.3) is 0 Å². The average Bonchev–Trinajstić information content (AvgIpc) is 2.91. The van der Waals surface area contributed by atoms with E-state index in [2.05, 4.69) is 35.3 Å². The van der Waals surface area contributed by atoms with E-state index in [9.17, 15) is 0 Å². The summed E-state index contributed by atoms with van der Waals surface area (Å²) in [6, 6.07) is 0. The number of unbranched alkanes of at least 4 members (excludes halogenated alkanes) is 9. The molecule has 1 heterocycles. The molecule has 2 nitrogen and oxygen atoms in total. The zero-order valence-electron chi connectivity index (χ0n) is 12.9. The summed E-state index contributed by atoms with van der Waals surface area (Å²) >= 11 is 10.3. The van der Waals surface area contributed by atoms with Crippen LogP contribution in [0.5, 0.6) is 0 Å². The van der Waals surface area contributed by atoms with E-state index >= 15 is 0 Å². The third kappa shape index (κ3) is 9.18. The van der Waals surface area contributed by atoms with E-state index in [0.29, 0.717) is 5.37 Å². The highest BCUT2D eigenvalue weighted by molar-refractivity contribution is 8.79. The highest BCUT2D eigenvalue weighted by atomic mass is 33.1. The zero-order valence-corrected chi connectivity index (χ0v) is 17.1. The van der Waals surface area contributed by atoms with Crippen LogP contribution in [0.1, 0.15) is 77.6 Å². The summed E-state index contributed by atoms with van der Waals surface area (Å²) in [5, 5.41) is 4.90. The van der Waals surface area contributed by atoms with Crippen LogP contribution in [-0.2, 0) is 0 Å². The van der Waals surface area contributed by atoms with Gasteiger partial charge in [0.05, 0.1) is 0 Å². The number of hydrogen-bond donors (Lipinski definition) is 2. The van der Waals surface area contributed by atoms with E-state index in [1.807, 2.05) is 16.2 Å². The predicted molar refractivity (Wildman–Crippen MR) is 110 cm³/mol. The van der Waals surface area contributed by atoms with E-state index in [1.165, 1.54) is 92.4 Å². The first-order valence-corrected chi connectivity index (χ1v) is 12.6. The first-order chi connectivity index (χ1) is 10.3. The minimum absolute atomic E-state index is 0.441. The van der Waals surface area contributed by atoms with Crippen molar-refractivity contribution < 1.29 is 0 Å². The number of nitrogens with zero attached hydrogens (tertiary/aromatic N) is 2. The maximum atomic E-state index is 4.46. The molecule has 0 aromatic heterocycles. The van der Waals surface area contributed by atoms with Gasteiger partial charge in [0, 0.05) is 11.0 Å². The van der Waals surface area contributed by atoms with Gasteiger partial charge in [-0.15, -0.1) is 16.8 Å². The fourth-order valence-corrected chi connectivity index (χ4v) is 5.67. The van der Waals surface area contributed by atoms with Crippen LogP contribution >= 0.6 is 56.9 Å². The molecule has 0 amide bonds. The van der Waals surface area contributed by atoms with E-state index in [0.717, 1.165) is 4.38 Å². The van der Waals surface area contributed by atoms with Crippen molar-refractivity contribution in [3.05, 3.63) is 0 Å². The Hall–Kier alpha value is 1.22. The van der Waals surface area contributed by atoms with Gasteiger partial charge in [-0.2, -0.15) is 0 Å². The summed E-state index contributed by atoms with van der Waals surface area (Å²) in [4.78, 5) is 0. The fourth-order valence-electron chi connectivity index (χ4n) is 2.42. The quantitative estimate of drug-likeness (QED) is 0.163. The van der Waals surface area contributed by atoms with Crippen LogP contribution in [0.2, 0.25) is 0 Å². The molecule has 0 aliphatic carbocycles. The summed E-state index contributed by atoms with van der Waals surface area (Å²) < 4.78 is 3.04. The second-order valence-corrected chi connectivity index (χ2v) is 8.95. The van der Waals surface area contributed by atoms with Crippen LogP contribution in [0.3, 0.4) is 0 Å². The lowest BCUT2D eigenvalue weighted by Gasteiger charge is -2.18. The molecule has 0 saturated carbocycles. The van der Waals surface area contributed by atoms with E-state index in [-0.39, 0.29) is 0 Å². The van der Waals surface area contributed by atoms with E-state index in [4.69, 9.17) is 0 Å². The number of thioether (sulfide) groups is 1. The van der Waals surface area contributed by atoms with Gasteiger partial charge < -0.3 is 0 Å². The van der Waals surface area contributed by atoms with Gasteiger partial charge in [0.15, 0.2) is 4.38 Å². The molecule has 0 aromatic carbocycles. The zero-order chi connectivity index (χ0) is 15.3. The minimum atomic E-state index is 0.441. The molecule has 0 bridgehead atoms. The lowest BCUT2D eigenvalue weighted by atomic mass is 10.1. The average molecular weight is 385 g/mol. The lowest BCUT2D eigenvalue weighted by molar-refractivity contribution is 0.444. The molecule has 0 radical (unpaired) electrons. The van der Waals surface area contributed by atoms with E-state index < -0.39 is 0 Å². The van der Waals surface area contributed by atoms with Gasteiger partial charge in [-0.1, -0.05) is 94.6 Å². The van der Waals surface area contributed by atoms with Crippen LogP contribution in [0.4, 0.5) is 0 Å². The summed E-state index contributed by atoms with van der Waals surface area (Å²) in [7, 11) is 2.85. The van der Waals surface area contributed by atoms with Crippen molar-refractivity contribution in [3.8, 4) is 0 Å². The Labute approximate surface area is 153 Å². The number of thiol groups is 2. The van der Waals surface area contributed by atoms with Gasteiger partial charge in [0.2, 0.25) is 0 Å². The second-order valence-electron chi connectivity index (χ2n) is 5.38. The lowest BCUT2D eigenvalue weighted by Crippen LogP contribution is -2.15. The normalized spacial score (nSPS) is 18.3. The van der Waals surface area contributed by atoms with Gasteiger partial charge in [-0.3, -0.25) is 0 Å². The van der Waals surface area contributed by atoms with Crippen molar-refractivity contribution >= 4 is 61.2 Å². The Balaban J connectivity index is 1.93. The highest BCUT2D eigenvalue weighted by Gasteiger charge is 2.26. The smallest absolute Gasteiger partial charge is 0.163 e. The Bertz CT molecular complexity index is 289. The highest BCUT2D eigenvalue weighted by Crippen LogP contribution is 2.40. The van der Waals surface area contributed by atoms with Crippen molar-refractivity contribution in [2.75, 3.05) is 0 Å².